The predicted molar refractivity (Wildman–Crippen MR) is 73.8 cm³/mol. The molecule has 0 aromatic heterocycles. The standard InChI is InChI=1S/C14H23NO4/c1-15(2)8-7-11-5-4-6-13(18-3)14(11)19-10-12(17)9-16/h4-6,12,16-17H,7-10H2,1-3H3. The summed E-state index contributed by atoms with van der Waals surface area (Å²) in [6.07, 6.45) is -0.0546. The van der Waals surface area contributed by atoms with Gasteiger partial charge in [0.1, 0.15) is 12.7 Å². The number of aliphatic hydroxyl groups excluding tert-OH is 2. The average molecular weight is 269 g/mol. The molecular formula is C14H23NO4. The summed E-state index contributed by atoms with van der Waals surface area (Å²) in [6.45, 7) is 0.625. The fraction of sp³-hybridized carbons (Fsp3) is 0.571. The maximum absolute atomic E-state index is 9.37. The molecule has 0 fully saturated rings. The van der Waals surface area contributed by atoms with Gasteiger partial charge in [0.15, 0.2) is 11.5 Å². The van der Waals surface area contributed by atoms with Gasteiger partial charge in [-0.2, -0.15) is 0 Å². The number of methoxy groups -OCH3 is 1. The minimum Gasteiger partial charge on any atom is -0.493 e. The van der Waals surface area contributed by atoms with Gasteiger partial charge in [0.05, 0.1) is 13.7 Å². The number of benzene rings is 1. The smallest absolute Gasteiger partial charge is 0.164 e. The normalized spacial score (nSPS) is 12.5. The summed E-state index contributed by atoms with van der Waals surface area (Å²) in [4.78, 5) is 2.09. The topological polar surface area (TPSA) is 62.2 Å². The number of likely N-dealkylation sites (N-methyl/N-ethyl adjacent to an activating group) is 1. The first-order valence-corrected chi connectivity index (χ1v) is 6.30. The molecule has 1 unspecified atom stereocenters. The molecule has 19 heavy (non-hydrogen) atoms. The van der Waals surface area contributed by atoms with E-state index in [9.17, 15) is 5.11 Å². The highest BCUT2D eigenvalue weighted by Gasteiger charge is 2.12. The van der Waals surface area contributed by atoms with Crippen LogP contribution in [0.15, 0.2) is 18.2 Å². The number of aliphatic hydroxyl groups is 2. The molecule has 0 radical (unpaired) electrons. The maximum atomic E-state index is 9.37. The summed E-state index contributed by atoms with van der Waals surface area (Å²) in [7, 11) is 5.60. The summed E-state index contributed by atoms with van der Waals surface area (Å²) in [5.41, 5.74) is 1.03. The fourth-order valence-electron chi connectivity index (χ4n) is 1.66. The third kappa shape index (κ3) is 5.06. The van der Waals surface area contributed by atoms with Crippen molar-refractivity contribution < 1.29 is 19.7 Å². The van der Waals surface area contributed by atoms with Gasteiger partial charge >= 0.3 is 0 Å². The molecule has 0 amide bonds. The van der Waals surface area contributed by atoms with Crippen LogP contribution in [-0.4, -0.2) is 62.2 Å². The largest absolute Gasteiger partial charge is 0.493 e. The van der Waals surface area contributed by atoms with Gasteiger partial charge in [0.2, 0.25) is 0 Å². The van der Waals surface area contributed by atoms with Crippen LogP contribution in [0.2, 0.25) is 0 Å². The van der Waals surface area contributed by atoms with E-state index in [1.807, 2.05) is 32.3 Å². The van der Waals surface area contributed by atoms with Crippen molar-refractivity contribution in [1.29, 1.82) is 0 Å². The maximum Gasteiger partial charge on any atom is 0.164 e. The van der Waals surface area contributed by atoms with Crippen LogP contribution >= 0.6 is 0 Å². The van der Waals surface area contributed by atoms with Crippen LogP contribution in [-0.2, 0) is 6.42 Å². The van der Waals surface area contributed by atoms with Crippen LogP contribution in [0.4, 0.5) is 0 Å². The Balaban J connectivity index is 2.83. The summed E-state index contributed by atoms with van der Waals surface area (Å²) < 4.78 is 10.9. The molecule has 0 aliphatic heterocycles. The first kappa shape index (κ1) is 15.8. The molecule has 0 bridgehead atoms. The Morgan fingerprint density at radius 1 is 1.32 bits per heavy atom. The Labute approximate surface area is 114 Å². The van der Waals surface area contributed by atoms with Gasteiger partial charge in [-0.3, -0.25) is 0 Å². The van der Waals surface area contributed by atoms with E-state index in [1.165, 1.54) is 0 Å². The summed E-state index contributed by atoms with van der Waals surface area (Å²) in [6, 6.07) is 5.71. The monoisotopic (exact) mass is 269 g/mol. The van der Waals surface area contributed by atoms with Crippen LogP contribution in [0, 0.1) is 0 Å². The van der Waals surface area contributed by atoms with Gasteiger partial charge in [-0.05, 0) is 32.1 Å². The lowest BCUT2D eigenvalue weighted by Gasteiger charge is -2.17. The Morgan fingerprint density at radius 2 is 2.05 bits per heavy atom. The zero-order chi connectivity index (χ0) is 14.3. The Bertz CT molecular complexity index is 382. The van der Waals surface area contributed by atoms with Gasteiger partial charge in [-0.25, -0.2) is 0 Å². The molecule has 0 saturated heterocycles. The molecule has 5 nitrogen and oxygen atoms in total. The first-order valence-electron chi connectivity index (χ1n) is 6.30. The molecule has 2 N–H and O–H groups in total. The minimum absolute atomic E-state index is 0.0475. The van der Waals surface area contributed by atoms with E-state index in [0.717, 1.165) is 18.5 Å². The molecule has 0 aliphatic rings. The van der Waals surface area contributed by atoms with Crippen LogP contribution in [0.5, 0.6) is 11.5 Å². The SMILES string of the molecule is COc1cccc(CCN(C)C)c1OCC(O)CO. The molecule has 0 spiro atoms. The van der Waals surface area contributed by atoms with Gasteiger partial charge in [-0.15, -0.1) is 0 Å². The molecule has 1 aromatic rings. The van der Waals surface area contributed by atoms with E-state index in [2.05, 4.69) is 4.90 Å². The molecular weight excluding hydrogens is 246 g/mol. The second kappa shape index (κ2) is 7.99. The van der Waals surface area contributed by atoms with Gasteiger partial charge < -0.3 is 24.6 Å². The Morgan fingerprint density at radius 3 is 2.63 bits per heavy atom. The summed E-state index contributed by atoms with van der Waals surface area (Å²) in [5.74, 6) is 1.28. The molecule has 0 aliphatic carbocycles. The highest BCUT2D eigenvalue weighted by molar-refractivity contribution is 5.46. The molecule has 108 valence electrons. The van der Waals surface area contributed by atoms with E-state index in [-0.39, 0.29) is 13.2 Å². The number of ether oxygens (including phenoxy) is 2. The second-order valence-electron chi connectivity index (χ2n) is 4.65. The van der Waals surface area contributed by atoms with E-state index < -0.39 is 6.10 Å². The first-order chi connectivity index (χ1) is 9.08. The van der Waals surface area contributed by atoms with Crippen molar-refractivity contribution in [2.75, 3.05) is 41.0 Å². The number of hydrogen-bond donors (Lipinski definition) is 2. The van der Waals surface area contributed by atoms with Crippen molar-refractivity contribution in [3.63, 3.8) is 0 Å². The fourth-order valence-corrected chi connectivity index (χ4v) is 1.66. The van der Waals surface area contributed by atoms with Crippen LogP contribution in [0.1, 0.15) is 5.56 Å². The van der Waals surface area contributed by atoms with E-state index in [4.69, 9.17) is 14.6 Å². The van der Waals surface area contributed by atoms with Crippen molar-refractivity contribution in [1.82, 2.24) is 4.90 Å². The van der Waals surface area contributed by atoms with Gasteiger partial charge in [0.25, 0.3) is 0 Å². The zero-order valence-corrected chi connectivity index (χ0v) is 11.8. The molecule has 0 heterocycles. The third-order valence-electron chi connectivity index (χ3n) is 2.74. The van der Waals surface area contributed by atoms with Crippen molar-refractivity contribution in [2.24, 2.45) is 0 Å². The molecule has 1 aromatic carbocycles. The van der Waals surface area contributed by atoms with Gasteiger partial charge in [-0.1, -0.05) is 12.1 Å². The zero-order valence-electron chi connectivity index (χ0n) is 11.8. The van der Waals surface area contributed by atoms with E-state index in [1.54, 1.807) is 7.11 Å². The van der Waals surface area contributed by atoms with Crippen LogP contribution < -0.4 is 9.47 Å². The van der Waals surface area contributed by atoms with Crippen LogP contribution in [0.3, 0.4) is 0 Å². The van der Waals surface area contributed by atoms with Gasteiger partial charge in [0, 0.05) is 6.54 Å². The summed E-state index contributed by atoms with van der Waals surface area (Å²) in [5, 5.41) is 18.2. The third-order valence-corrected chi connectivity index (χ3v) is 2.74. The lowest BCUT2D eigenvalue weighted by Crippen LogP contribution is -2.22. The average Bonchev–Trinajstić information content (AvgIpc) is 2.42. The minimum atomic E-state index is -0.883. The highest BCUT2D eigenvalue weighted by Crippen LogP contribution is 2.31. The van der Waals surface area contributed by atoms with Crippen molar-refractivity contribution in [2.45, 2.75) is 12.5 Å². The molecule has 0 saturated carbocycles. The van der Waals surface area contributed by atoms with Crippen molar-refractivity contribution >= 4 is 0 Å². The summed E-state index contributed by atoms with van der Waals surface area (Å²) >= 11 is 0. The second-order valence-corrected chi connectivity index (χ2v) is 4.65. The lowest BCUT2D eigenvalue weighted by atomic mass is 10.1. The van der Waals surface area contributed by atoms with E-state index >= 15 is 0 Å². The molecule has 1 rings (SSSR count). The number of rotatable bonds is 8. The highest BCUT2D eigenvalue weighted by atomic mass is 16.5. The quantitative estimate of drug-likeness (QED) is 0.721. The van der Waals surface area contributed by atoms with E-state index in [0.29, 0.717) is 11.5 Å². The van der Waals surface area contributed by atoms with Crippen LogP contribution in [0.25, 0.3) is 0 Å². The lowest BCUT2D eigenvalue weighted by molar-refractivity contribution is 0.0524. The Kier molecular flexibility index (Phi) is 6.62. The molecule has 1 atom stereocenters. The van der Waals surface area contributed by atoms with Crippen molar-refractivity contribution in [3.8, 4) is 11.5 Å². The molecule has 5 heteroatoms. The Hall–Kier alpha value is -1.30. The van der Waals surface area contributed by atoms with Crippen molar-refractivity contribution in [3.05, 3.63) is 23.8 Å². The number of nitrogens with zero attached hydrogens (tertiary/aromatic N) is 1. The number of para-hydroxylation sites is 1. The number of hydrogen-bond acceptors (Lipinski definition) is 5. The predicted octanol–water partition coefficient (Wildman–Crippen LogP) is 0.531.